The normalized spacial score (nSPS) is 11.8. The Morgan fingerprint density at radius 2 is 1.21 bits per heavy atom. The molecule has 0 atom stereocenters. The zero-order valence-corrected chi connectivity index (χ0v) is 20.8. The maximum absolute atomic E-state index is 11.5. The van der Waals surface area contributed by atoms with Gasteiger partial charge in [-0.15, -0.1) is 0 Å². The van der Waals surface area contributed by atoms with E-state index in [1.54, 1.807) is 30.3 Å². The fourth-order valence-corrected chi connectivity index (χ4v) is 4.37. The average molecular weight is 415 g/mol. The molecule has 3 aromatic rings. The van der Waals surface area contributed by atoms with Gasteiger partial charge < -0.3 is 9.11 Å². The minimum Gasteiger partial charge on any atom is -0.744 e. The molecule has 3 aromatic carbocycles. The van der Waals surface area contributed by atoms with Gasteiger partial charge in [-0.3, -0.25) is 0 Å². The molecule has 3 rings (SSSR count). The van der Waals surface area contributed by atoms with Crippen LogP contribution in [0.2, 0.25) is 0 Å². The van der Waals surface area contributed by atoms with Crippen molar-refractivity contribution < 1.29 is 129 Å². The van der Waals surface area contributed by atoms with Gasteiger partial charge in [-0.05, 0) is 34.4 Å². The largest absolute Gasteiger partial charge is 1.00 e. The van der Waals surface area contributed by atoms with E-state index in [0.717, 1.165) is 11.5 Å². The molecule has 0 N–H and O–H groups in total. The van der Waals surface area contributed by atoms with Crippen molar-refractivity contribution in [3.05, 3.63) is 48.5 Å². The van der Waals surface area contributed by atoms with E-state index in [1.807, 2.05) is 0 Å². The summed E-state index contributed by atoms with van der Waals surface area (Å²) >= 11 is 0. The molecular formula is C14H8K2O6S2. The Kier molecular flexibility index (Phi) is 8.28. The summed E-state index contributed by atoms with van der Waals surface area (Å²) in [6.07, 6.45) is 0. The van der Waals surface area contributed by atoms with Gasteiger partial charge in [-0.25, -0.2) is 16.8 Å². The summed E-state index contributed by atoms with van der Waals surface area (Å²) < 4.78 is 68.2. The van der Waals surface area contributed by atoms with E-state index in [0.29, 0.717) is 10.8 Å². The van der Waals surface area contributed by atoms with Crippen LogP contribution in [0, 0.1) is 0 Å². The van der Waals surface area contributed by atoms with Crippen LogP contribution in [0.1, 0.15) is 0 Å². The maximum atomic E-state index is 11.5. The summed E-state index contributed by atoms with van der Waals surface area (Å²) in [7, 11) is -10.2. The molecule has 0 aliphatic heterocycles. The van der Waals surface area contributed by atoms with Crippen LogP contribution in [0.3, 0.4) is 0 Å². The quantitative estimate of drug-likeness (QED) is 0.239. The van der Waals surface area contributed by atoms with Crippen molar-refractivity contribution in [3.8, 4) is 0 Å². The van der Waals surface area contributed by atoms with Crippen molar-refractivity contribution in [2.45, 2.75) is 9.79 Å². The first-order chi connectivity index (χ1) is 10.2. The topological polar surface area (TPSA) is 114 Å². The van der Waals surface area contributed by atoms with Crippen LogP contribution in [0.15, 0.2) is 58.3 Å². The third kappa shape index (κ3) is 4.76. The van der Waals surface area contributed by atoms with E-state index in [9.17, 15) is 25.9 Å². The fourth-order valence-electron chi connectivity index (χ4n) is 2.42. The van der Waals surface area contributed by atoms with Gasteiger partial charge >= 0.3 is 103 Å². The maximum Gasteiger partial charge on any atom is 1.00 e. The molecule has 0 bridgehead atoms. The van der Waals surface area contributed by atoms with Crippen LogP contribution in [-0.4, -0.2) is 25.9 Å². The minimum atomic E-state index is -5.14. The third-order valence-electron chi connectivity index (χ3n) is 3.32. The first-order valence-corrected chi connectivity index (χ1v) is 8.87. The molecule has 0 unspecified atom stereocenters. The summed E-state index contributed by atoms with van der Waals surface area (Å²) in [5, 5.41) is 1.70. The fraction of sp³-hybridized carbons (Fsp3) is 0. The van der Waals surface area contributed by atoms with Gasteiger partial charge in [-0.1, -0.05) is 30.3 Å². The molecule has 6 nitrogen and oxygen atoms in total. The predicted molar refractivity (Wildman–Crippen MR) is 77.4 cm³/mol. The van der Waals surface area contributed by atoms with Gasteiger partial charge in [0.2, 0.25) is 0 Å². The molecular weight excluding hydrogens is 406 g/mol. The second-order valence-electron chi connectivity index (χ2n) is 4.72. The molecule has 10 heteroatoms. The van der Waals surface area contributed by atoms with E-state index in [1.165, 1.54) is 12.1 Å². The van der Waals surface area contributed by atoms with Crippen molar-refractivity contribution in [2.75, 3.05) is 0 Å². The van der Waals surface area contributed by atoms with Crippen molar-refractivity contribution in [2.24, 2.45) is 0 Å². The van der Waals surface area contributed by atoms with Crippen LogP contribution >= 0.6 is 0 Å². The zero-order valence-electron chi connectivity index (χ0n) is 12.9. The first-order valence-electron chi connectivity index (χ1n) is 6.05. The summed E-state index contributed by atoms with van der Waals surface area (Å²) in [4.78, 5) is -2.02. The molecule has 114 valence electrons. The number of fused-ring (bicyclic) bond motifs is 2. The van der Waals surface area contributed by atoms with Crippen molar-refractivity contribution in [1.82, 2.24) is 0 Å². The smallest absolute Gasteiger partial charge is 0.744 e. The summed E-state index contributed by atoms with van der Waals surface area (Å²) in [6.45, 7) is 0. The molecule has 0 radical (unpaired) electrons. The number of hydrogen-bond acceptors (Lipinski definition) is 6. The Labute approximate surface area is 224 Å². The Bertz CT molecular complexity index is 1120. The van der Waals surface area contributed by atoms with Gasteiger partial charge in [0.05, 0.1) is 9.79 Å². The minimum absolute atomic E-state index is 0. The summed E-state index contributed by atoms with van der Waals surface area (Å²) in [5.74, 6) is 0. The van der Waals surface area contributed by atoms with Crippen LogP contribution in [-0.2, 0) is 20.2 Å². The molecule has 24 heavy (non-hydrogen) atoms. The molecule has 0 aliphatic rings. The number of rotatable bonds is 2. The van der Waals surface area contributed by atoms with Crippen LogP contribution in [0.5, 0.6) is 0 Å². The van der Waals surface area contributed by atoms with E-state index in [2.05, 4.69) is 0 Å². The Morgan fingerprint density at radius 1 is 0.667 bits per heavy atom. The molecule has 0 spiro atoms. The Balaban J connectivity index is 0.00000144. The number of hydrogen-bond donors (Lipinski definition) is 0. The summed E-state index contributed by atoms with van der Waals surface area (Å²) in [5.41, 5.74) is 0. The standard InChI is InChI=1S/C14H10O6S2.2K/c15-21(16,17)13-6-5-11-7-9-3-1-2-4-10(9)8-12(11)14(13)22(18,19)20;;/h1-8H,(H,15,16,17)(H,18,19,20);;/q;2*+1/p-2. The molecule has 0 amide bonds. The zero-order chi connectivity index (χ0) is 16.1. The van der Waals surface area contributed by atoms with E-state index in [-0.39, 0.29) is 108 Å². The second-order valence-corrected chi connectivity index (χ2v) is 7.39. The second kappa shape index (κ2) is 8.52. The molecule has 0 heterocycles. The predicted octanol–water partition coefficient (Wildman–Crippen LogP) is -4.19. The molecule has 0 fully saturated rings. The SMILES string of the molecule is O=S(=O)([O-])c1ccc2cc3ccccc3cc2c1S(=O)(=O)[O-].[K+].[K+]. The molecule has 0 aliphatic carbocycles. The monoisotopic (exact) mass is 414 g/mol. The Hall–Kier alpha value is 1.27. The molecule has 0 saturated carbocycles. The van der Waals surface area contributed by atoms with E-state index < -0.39 is 30.0 Å². The van der Waals surface area contributed by atoms with Gasteiger partial charge in [0.1, 0.15) is 20.2 Å². The number of benzene rings is 3. The third-order valence-corrected chi connectivity index (χ3v) is 5.27. The molecule has 0 saturated heterocycles. The van der Waals surface area contributed by atoms with E-state index in [4.69, 9.17) is 0 Å². The first kappa shape index (κ1) is 23.3. The van der Waals surface area contributed by atoms with Crippen LogP contribution in [0.4, 0.5) is 0 Å². The van der Waals surface area contributed by atoms with Gasteiger partial charge in [0.25, 0.3) is 0 Å². The summed E-state index contributed by atoms with van der Waals surface area (Å²) in [6, 6.07) is 12.2. The van der Waals surface area contributed by atoms with Crippen molar-refractivity contribution >= 4 is 41.8 Å². The van der Waals surface area contributed by atoms with Crippen molar-refractivity contribution in [1.29, 1.82) is 0 Å². The van der Waals surface area contributed by atoms with Gasteiger partial charge in [0, 0.05) is 5.39 Å². The van der Waals surface area contributed by atoms with Crippen molar-refractivity contribution in [3.63, 3.8) is 0 Å². The van der Waals surface area contributed by atoms with Gasteiger partial charge in [-0.2, -0.15) is 0 Å². The van der Waals surface area contributed by atoms with Crippen LogP contribution in [0.25, 0.3) is 21.5 Å². The van der Waals surface area contributed by atoms with Gasteiger partial charge in [0.15, 0.2) is 0 Å². The van der Waals surface area contributed by atoms with Crippen LogP contribution < -0.4 is 103 Å². The molecule has 0 aromatic heterocycles. The Morgan fingerprint density at radius 3 is 1.71 bits per heavy atom. The van der Waals surface area contributed by atoms with E-state index >= 15 is 0 Å². The average Bonchev–Trinajstić information content (AvgIpc) is 2.41.